The number of likely N-dealkylation sites (tertiary alicyclic amines) is 1. The summed E-state index contributed by atoms with van der Waals surface area (Å²) >= 11 is 0. The van der Waals surface area contributed by atoms with Gasteiger partial charge in [-0.2, -0.15) is 5.26 Å². The quantitative estimate of drug-likeness (QED) is 0.878. The molecule has 1 N–H and O–H groups in total. The molecule has 1 aliphatic heterocycles. The summed E-state index contributed by atoms with van der Waals surface area (Å²) in [5.41, 5.74) is 1.90. The predicted molar refractivity (Wildman–Crippen MR) is 96.3 cm³/mol. The molecular weight excluding hydrogens is 315 g/mol. The maximum absolute atomic E-state index is 14.6. The standard InChI is InChI=1S/C21H23FN2O/c1-21(7-10-23)8-11-24(12-9-21)15-17-13-20(25)18(14-19(17)22)16-5-3-2-4-6-16/h2-6,13-14,25H,7-9,11-12,15H2,1H3. The smallest absolute Gasteiger partial charge is 0.128 e. The molecule has 3 rings (SSSR count). The van der Waals surface area contributed by atoms with Crippen LogP contribution in [0.3, 0.4) is 0 Å². The van der Waals surface area contributed by atoms with Crippen LogP contribution in [0.5, 0.6) is 5.75 Å². The summed E-state index contributed by atoms with van der Waals surface area (Å²) in [5, 5.41) is 19.3. The number of rotatable bonds is 4. The van der Waals surface area contributed by atoms with E-state index in [0.29, 0.717) is 24.1 Å². The third kappa shape index (κ3) is 4.00. The van der Waals surface area contributed by atoms with Crippen LogP contribution in [-0.4, -0.2) is 23.1 Å². The minimum atomic E-state index is -0.290. The van der Waals surface area contributed by atoms with Gasteiger partial charge in [-0.3, -0.25) is 4.90 Å². The van der Waals surface area contributed by atoms with E-state index in [1.165, 1.54) is 6.07 Å². The molecule has 1 heterocycles. The van der Waals surface area contributed by atoms with Crippen molar-refractivity contribution in [3.8, 4) is 22.9 Å². The van der Waals surface area contributed by atoms with Gasteiger partial charge in [0.15, 0.2) is 0 Å². The summed E-state index contributed by atoms with van der Waals surface area (Å²) in [6.45, 7) is 4.32. The molecule has 4 heteroatoms. The number of aromatic hydroxyl groups is 1. The second kappa shape index (κ2) is 7.25. The van der Waals surface area contributed by atoms with Crippen molar-refractivity contribution in [2.24, 2.45) is 5.41 Å². The molecule has 25 heavy (non-hydrogen) atoms. The van der Waals surface area contributed by atoms with Crippen molar-refractivity contribution in [2.45, 2.75) is 32.7 Å². The number of hydrogen-bond acceptors (Lipinski definition) is 3. The Morgan fingerprint density at radius 3 is 2.52 bits per heavy atom. The highest BCUT2D eigenvalue weighted by Crippen LogP contribution is 2.36. The molecule has 0 spiro atoms. The number of phenolic OH excluding ortho intramolecular Hbond substituents is 1. The Balaban J connectivity index is 1.72. The molecule has 1 saturated heterocycles. The summed E-state index contributed by atoms with van der Waals surface area (Å²) in [7, 11) is 0. The lowest BCUT2D eigenvalue weighted by Crippen LogP contribution is -2.38. The minimum Gasteiger partial charge on any atom is -0.507 e. The lowest BCUT2D eigenvalue weighted by Gasteiger charge is -2.38. The van der Waals surface area contributed by atoms with Crippen molar-refractivity contribution >= 4 is 0 Å². The van der Waals surface area contributed by atoms with Gasteiger partial charge in [0.2, 0.25) is 0 Å². The first kappa shape index (κ1) is 17.4. The first-order valence-corrected chi connectivity index (χ1v) is 8.67. The Bertz CT molecular complexity index is 774. The average molecular weight is 338 g/mol. The van der Waals surface area contributed by atoms with Crippen molar-refractivity contribution in [1.82, 2.24) is 4.90 Å². The summed E-state index contributed by atoms with van der Waals surface area (Å²) < 4.78 is 14.6. The Morgan fingerprint density at radius 2 is 1.88 bits per heavy atom. The van der Waals surface area contributed by atoms with Gasteiger partial charge >= 0.3 is 0 Å². The van der Waals surface area contributed by atoms with Gasteiger partial charge in [-0.05, 0) is 49.0 Å². The highest BCUT2D eigenvalue weighted by atomic mass is 19.1. The average Bonchev–Trinajstić information content (AvgIpc) is 2.61. The molecule has 2 aromatic carbocycles. The van der Waals surface area contributed by atoms with E-state index in [9.17, 15) is 9.50 Å². The maximum atomic E-state index is 14.6. The first-order valence-electron chi connectivity index (χ1n) is 8.67. The van der Waals surface area contributed by atoms with Gasteiger partial charge in [-0.15, -0.1) is 0 Å². The Morgan fingerprint density at radius 1 is 1.20 bits per heavy atom. The van der Waals surface area contributed by atoms with Crippen molar-refractivity contribution in [3.05, 3.63) is 53.8 Å². The third-order valence-corrected chi connectivity index (χ3v) is 5.21. The Hall–Kier alpha value is -2.38. The number of halogens is 1. The largest absolute Gasteiger partial charge is 0.507 e. The lowest BCUT2D eigenvalue weighted by atomic mass is 9.78. The van der Waals surface area contributed by atoms with Crippen LogP contribution < -0.4 is 0 Å². The van der Waals surface area contributed by atoms with Crippen molar-refractivity contribution < 1.29 is 9.50 Å². The van der Waals surface area contributed by atoms with Crippen molar-refractivity contribution in [2.75, 3.05) is 13.1 Å². The monoisotopic (exact) mass is 338 g/mol. The molecule has 0 bridgehead atoms. The summed E-state index contributed by atoms with van der Waals surface area (Å²) in [6, 6.07) is 14.6. The van der Waals surface area contributed by atoms with Crippen LogP contribution in [0, 0.1) is 22.6 Å². The normalized spacial score (nSPS) is 17.2. The number of hydrogen-bond donors (Lipinski definition) is 1. The molecule has 0 unspecified atom stereocenters. The topological polar surface area (TPSA) is 47.3 Å². The molecule has 0 aliphatic carbocycles. The number of nitriles is 1. The van der Waals surface area contributed by atoms with E-state index in [1.807, 2.05) is 30.3 Å². The van der Waals surface area contributed by atoms with E-state index in [-0.39, 0.29) is 17.0 Å². The zero-order chi connectivity index (χ0) is 17.9. The highest BCUT2D eigenvalue weighted by molar-refractivity contribution is 5.70. The summed E-state index contributed by atoms with van der Waals surface area (Å²) in [6.07, 6.45) is 2.45. The van der Waals surface area contributed by atoms with Gasteiger partial charge < -0.3 is 5.11 Å². The van der Waals surface area contributed by atoms with Gasteiger partial charge in [-0.25, -0.2) is 4.39 Å². The Labute approximate surface area is 148 Å². The summed E-state index contributed by atoms with van der Waals surface area (Å²) in [4.78, 5) is 2.19. The van der Waals surface area contributed by atoms with Crippen LogP contribution in [0.4, 0.5) is 4.39 Å². The first-order chi connectivity index (χ1) is 12.0. The fourth-order valence-electron chi connectivity index (χ4n) is 3.43. The fourth-order valence-corrected chi connectivity index (χ4v) is 3.43. The van der Waals surface area contributed by atoms with E-state index >= 15 is 0 Å². The van der Waals surface area contributed by atoms with E-state index < -0.39 is 0 Å². The molecule has 130 valence electrons. The molecule has 0 atom stereocenters. The van der Waals surface area contributed by atoms with E-state index in [1.54, 1.807) is 6.07 Å². The molecular formula is C21H23FN2O. The zero-order valence-electron chi connectivity index (χ0n) is 14.5. The van der Waals surface area contributed by atoms with Crippen molar-refractivity contribution in [3.63, 3.8) is 0 Å². The Kier molecular flexibility index (Phi) is 5.06. The van der Waals surface area contributed by atoms with Gasteiger partial charge in [0, 0.05) is 24.1 Å². The van der Waals surface area contributed by atoms with Gasteiger partial charge in [0.1, 0.15) is 11.6 Å². The molecule has 2 aromatic rings. The fraction of sp³-hybridized carbons (Fsp3) is 0.381. The second-order valence-electron chi connectivity index (χ2n) is 7.25. The second-order valence-corrected chi connectivity index (χ2v) is 7.25. The number of nitrogens with zero attached hydrogens (tertiary/aromatic N) is 2. The lowest BCUT2D eigenvalue weighted by molar-refractivity contribution is 0.115. The molecule has 0 radical (unpaired) electrons. The van der Waals surface area contributed by atoms with E-state index in [2.05, 4.69) is 17.9 Å². The van der Waals surface area contributed by atoms with E-state index in [0.717, 1.165) is 31.5 Å². The molecule has 0 aromatic heterocycles. The number of piperidine rings is 1. The van der Waals surface area contributed by atoms with E-state index in [4.69, 9.17) is 5.26 Å². The third-order valence-electron chi connectivity index (χ3n) is 5.21. The van der Waals surface area contributed by atoms with Crippen LogP contribution >= 0.6 is 0 Å². The van der Waals surface area contributed by atoms with Crippen molar-refractivity contribution in [1.29, 1.82) is 5.26 Å². The molecule has 0 amide bonds. The van der Waals surface area contributed by atoms with Gasteiger partial charge in [-0.1, -0.05) is 37.3 Å². The minimum absolute atomic E-state index is 0.0725. The molecule has 0 saturated carbocycles. The maximum Gasteiger partial charge on any atom is 0.128 e. The van der Waals surface area contributed by atoms with Crippen LogP contribution in [0.25, 0.3) is 11.1 Å². The van der Waals surface area contributed by atoms with Crippen LogP contribution in [0.2, 0.25) is 0 Å². The molecule has 1 aliphatic rings. The predicted octanol–water partition coefficient (Wildman–Crippen LogP) is 4.71. The molecule has 1 fully saturated rings. The van der Waals surface area contributed by atoms with Crippen LogP contribution in [-0.2, 0) is 6.54 Å². The van der Waals surface area contributed by atoms with Crippen LogP contribution in [0.1, 0.15) is 31.7 Å². The summed E-state index contributed by atoms with van der Waals surface area (Å²) in [5.74, 6) is -0.184. The number of benzene rings is 2. The zero-order valence-corrected chi connectivity index (χ0v) is 14.5. The van der Waals surface area contributed by atoms with Crippen LogP contribution in [0.15, 0.2) is 42.5 Å². The molecule has 3 nitrogen and oxygen atoms in total. The number of phenols is 1. The van der Waals surface area contributed by atoms with Gasteiger partial charge in [0.05, 0.1) is 6.07 Å². The highest BCUT2D eigenvalue weighted by Gasteiger charge is 2.30. The SMILES string of the molecule is CC1(CC#N)CCN(Cc2cc(O)c(-c3ccccc3)cc2F)CC1. The van der Waals surface area contributed by atoms with Gasteiger partial charge in [0.25, 0.3) is 0 Å².